The Labute approximate surface area is 53.5 Å². The van der Waals surface area contributed by atoms with E-state index in [1.807, 2.05) is 11.9 Å². The molecular weight excluding hydrogens is 124 g/mol. The standard InChI is InChI=1S/C4H8N2OS/c1-6-2-3(7)5-4(6)8/h4,8H,2H2,1H3,(H,5,7). The van der Waals surface area contributed by atoms with Crippen LogP contribution in [0.15, 0.2) is 0 Å². The van der Waals surface area contributed by atoms with Crippen molar-refractivity contribution >= 4 is 18.5 Å². The topological polar surface area (TPSA) is 32.3 Å². The highest BCUT2D eigenvalue weighted by molar-refractivity contribution is 7.80. The van der Waals surface area contributed by atoms with Gasteiger partial charge in [-0.15, -0.1) is 12.6 Å². The summed E-state index contributed by atoms with van der Waals surface area (Å²) < 4.78 is 0. The van der Waals surface area contributed by atoms with Crippen molar-refractivity contribution in [2.24, 2.45) is 0 Å². The Balaban J connectivity index is 2.51. The fourth-order valence-electron chi connectivity index (χ4n) is 0.613. The number of carbonyl (C=O) groups is 1. The predicted molar refractivity (Wildman–Crippen MR) is 33.5 cm³/mol. The minimum absolute atomic E-state index is 0.0486. The Kier molecular flexibility index (Phi) is 1.44. The lowest BCUT2D eigenvalue weighted by Gasteiger charge is -2.09. The molecule has 1 aliphatic heterocycles. The van der Waals surface area contributed by atoms with Gasteiger partial charge in [-0.3, -0.25) is 9.69 Å². The lowest BCUT2D eigenvalue weighted by molar-refractivity contribution is -0.118. The van der Waals surface area contributed by atoms with Crippen molar-refractivity contribution in [2.45, 2.75) is 5.50 Å². The van der Waals surface area contributed by atoms with Crippen LogP contribution < -0.4 is 5.32 Å². The predicted octanol–water partition coefficient (Wildman–Crippen LogP) is -0.739. The van der Waals surface area contributed by atoms with Crippen LogP contribution in [0.1, 0.15) is 0 Å². The van der Waals surface area contributed by atoms with E-state index in [2.05, 4.69) is 17.9 Å². The van der Waals surface area contributed by atoms with E-state index in [4.69, 9.17) is 0 Å². The van der Waals surface area contributed by atoms with Gasteiger partial charge in [-0.05, 0) is 7.05 Å². The zero-order valence-electron chi connectivity index (χ0n) is 4.59. The molecule has 0 aromatic rings. The van der Waals surface area contributed by atoms with Gasteiger partial charge in [0.2, 0.25) is 5.91 Å². The number of hydrogen-bond donors (Lipinski definition) is 2. The molecule has 1 unspecified atom stereocenters. The van der Waals surface area contributed by atoms with E-state index in [-0.39, 0.29) is 11.4 Å². The number of likely N-dealkylation sites (N-methyl/N-ethyl adjacent to an activating group) is 1. The summed E-state index contributed by atoms with van der Waals surface area (Å²) in [5.74, 6) is 0.0486. The second-order valence-corrected chi connectivity index (χ2v) is 2.35. The molecule has 0 bridgehead atoms. The van der Waals surface area contributed by atoms with E-state index in [9.17, 15) is 4.79 Å². The summed E-state index contributed by atoms with van der Waals surface area (Å²) in [6.07, 6.45) is 0. The smallest absolute Gasteiger partial charge is 0.236 e. The van der Waals surface area contributed by atoms with Gasteiger partial charge in [0.05, 0.1) is 6.54 Å². The number of rotatable bonds is 0. The van der Waals surface area contributed by atoms with Crippen molar-refractivity contribution in [3.05, 3.63) is 0 Å². The minimum Gasteiger partial charge on any atom is -0.331 e. The van der Waals surface area contributed by atoms with Crippen LogP contribution in [0, 0.1) is 0 Å². The van der Waals surface area contributed by atoms with E-state index in [0.717, 1.165) is 0 Å². The molecule has 0 radical (unpaired) electrons. The maximum atomic E-state index is 10.5. The number of amides is 1. The molecule has 4 heteroatoms. The molecule has 1 fully saturated rings. The van der Waals surface area contributed by atoms with E-state index >= 15 is 0 Å². The first kappa shape index (κ1) is 5.91. The van der Waals surface area contributed by atoms with Gasteiger partial charge in [0.15, 0.2) is 0 Å². The van der Waals surface area contributed by atoms with Gasteiger partial charge >= 0.3 is 0 Å². The van der Waals surface area contributed by atoms with Gasteiger partial charge in [0, 0.05) is 0 Å². The van der Waals surface area contributed by atoms with Crippen LogP contribution in [0.25, 0.3) is 0 Å². The molecule has 0 aromatic carbocycles. The third kappa shape index (κ3) is 0.952. The lowest BCUT2D eigenvalue weighted by atomic mass is 10.6. The molecule has 0 spiro atoms. The van der Waals surface area contributed by atoms with Crippen LogP contribution in [0.3, 0.4) is 0 Å². The molecule has 1 atom stereocenters. The van der Waals surface area contributed by atoms with Gasteiger partial charge in [0.25, 0.3) is 0 Å². The van der Waals surface area contributed by atoms with Crippen molar-refractivity contribution in [1.29, 1.82) is 0 Å². The van der Waals surface area contributed by atoms with Crippen LogP contribution in [0.2, 0.25) is 0 Å². The molecule has 8 heavy (non-hydrogen) atoms. The minimum atomic E-state index is -0.0810. The molecule has 1 N–H and O–H groups in total. The fourth-order valence-corrected chi connectivity index (χ4v) is 0.838. The average molecular weight is 132 g/mol. The van der Waals surface area contributed by atoms with Crippen LogP contribution >= 0.6 is 12.6 Å². The van der Waals surface area contributed by atoms with Crippen molar-refractivity contribution in [3.8, 4) is 0 Å². The lowest BCUT2D eigenvalue weighted by Crippen LogP contribution is -2.27. The van der Waals surface area contributed by atoms with E-state index in [0.29, 0.717) is 6.54 Å². The largest absolute Gasteiger partial charge is 0.331 e. The monoisotopic (exact) mass is 132 g/mol. The fraction of sp³-hybridized carbons (Fsp3) is 0.750. The van der Waals surface area contributed by atoms with Gasteiger partial charge in [-0.25, -0.2) is 0 Å². The number of nitrogens with zero attached hydrogens (tertiary/aromatic N) is 1. The SMILES string of the molecule is CN1CC(=O)NC1S. The summed E-state index contributed by atoms with van der Waals surface area (Å²) in [7, 11) is 1.84. The maximum absolute atomic E-state index is 10.5. The molecular formula is C4H8N2OS. The van der Waals surface area contributed by atoms with Gasteiger partial charge < -0.3 is 5.32 Å². The second kappa shape index (κ2) is 1.95. The quantitative estimate of drug-likeness (QED) is 0.426. The van der Waals surface area contributed by atoms with Gasteiger partial charge in [-0.2, -0.15) is 0 Å². The third-order valence-electron chi connectivity index (χ3n) is 1.10. The number of hydrogen-bond acceptors (Lipinski definition) is 3. The molecule has 1 amide bonds. The first-order valence-corrected chi connectivity index (χ1v) is 2.89. The first-order chi connectivity index (χ1) is 3.70. The summed E-state index contributed by atoms with van der Waals surface area (Å²) in [6, 6.07) is 0. The van der Waals surface area contributed by atoms with Crippen LogP contribution in [-0.4, -0.2) is 29.9 Å². The summed E-state index contributed by atoms with van der Waals surface area (Å²) >= 11 is 4.04. The summed E-state index contributed by atoms with van der Waals surface area (Å²) in [5.41, 5.74) is -0.0810. The summed E-state index contributed by atoms with van der Waals surface area (Å²) in [6.45, 7) is 0.466. The zero-order chi connectivity index (χ0) is 6.15. The van der Waals surface area contributed by atoms with E-state index < -0.39 is 0 Å². The Morgan fingerprint density at radius 3 is 2.75 bits per heavy atom. The summed E-state index contributed by atoms with van der Waals surface area (Å²) in [4.78, 5) is 12.3. The molecule has 46 valence electrons. The molecule has 0 aromatic heterocycles. The first-order valence-electron chi connectivity index (χ1n) is 2.38. The van der Waals surface area contributed by atoms with Crippen molar-refractivity contribution in [2.75, 3.05) is 13.6 Å². The van der Waals surface area contributed by atoms with E-state index in [1.54, 1.807) is 0 Å². The van der Waals surface area contributed by atoms with Crippen LogP contribution in [0.5, 0.6) is 0 Å². The highest BCUT2D eigenvalue weighted by atomic mass is 32.1. The molecule has 0 saturated carbocycles. The Bertz CT molecular complexity index is 105. The molecule has 3 nitrogen and oxygen atoms in total. The highest BCUT2D eigenvalue weighted by Crippen LogP contribution is 2.02. The van der Waals surface area contributed by atoms with Crippen molar-refractivity contribution < 1.29 is 4.79 Å². The molecule has 1 aliphatic rings. The number of carbonyl (C=O) groups excluding carboxylic acids is 1. The van der Waals surface area contributed by atoms with E-state index in [1.165, 1.54) is 0 Å². The zero-order valence-corrected chi connectivity index (χ0v) is 5.48. The number of nitrogens with one attached hydrogen (secondary N) is 1. The van der Waals surface area contributed by atoms with Gasteiger partial charge in [-0.1, -0.05) is 0 Å². The summed E-state index contributed by atoms with van der Waals surface area (Å²) in [5, 5.41) is 2.62. The second-order valence-electron chi connectivity index (χ2n) is 1.86. The Morgan fingerprint density at radius 1 is 2.00 bits per heavy atom. The molecule has 1 heterocycles. The Morgan fingerprint density at radius 2 is 2.62 bits per heavy atom. The van der Waals surface area contributed by atoms with Crippen molar-refractivity contribution in [1.82, 2.24) is 10.2 Å². The van der Waals surface area contributed by atoms with Gasteiger partial charge in [0.1, 0.15) is 5.50 Å². The maximum Gasteiger partial charge on any atom is 0.236 e. The number of thiol groups is 1. The molecule has 0 aliphatic carbocycles. The highest BCUT2D eigenvalue weighted by Gasteiger charge is 2.22. The average Bonchev–Trinajstić information content (AvgIpc) is 1.85. The normalized spacial score (nSPS) is 30.8. The molecule has 1 rings (SSSR count). The van der Waals surface area contributed by atoms with Crippen LogP contribution in [-0.2, 0) is 4.79 Å². The van der Waals surface area contributed by atoms with Crippen LogP contribution in [0.4, 0.5) is 0 Å². The third-order valence-corrected chi connectivity index (χ3v) is 1.62. The Hall–Kier alpha value is -0.220. The van der Waals surface area contributed by atoms with Crippen molar-refractivity contribution in [3.63, 3.8) is 0 Å². The molecule has 1 saturated heterocycles.